The van der Waals surface area contributed by atoms with Crippen LogP contribution < -0.4 is 5.32 Å². The van der Waals surface area contributed by atoms with Crippen LogP contribution in [0.2, 0.25) is 5.02 Å². The van der Waals surface area contributed by atoms with Crippen molar-refractivity contribution in [3.8, 4) is 0 Å². The molecule has 6 heteroatoms. The molecule has 17 heavy (non-hydrogen) atoms. The van der Waals surface area contributed by atoms with Gasteiger partial charge in [0.1, 0.15) is 5.82 Å². The van der Waals surface area contributed by atoms with Gasteiger partial charge in [0, 0.05) is 17.1 Å². The third-order valence-electron chi connectivity index (χ3n) is 2.75. The number of rotatable bonds is 1. The van der Waals surface area contributed by atoms with Crippen LogP contribution in [-0.2, 0) is 9.84 Å². The molecule has 0 amide bonds. The van der Waals surface area contributed by atoms with Crippen LogP contribution in [0, 0.1) is 5.82 Å². The zero-order chi connectivity index (χ0) is 12.6. The smallest absolute Gasteiger partial charge is 0.153 e. The van der Waals surface area contributed by atoms with Gasteiger partial charge in [0.15, 0.2) is 9.84 Å². The Kier molecular flexibility index (Phi) is 3.43. The summed E-state index contributed by atoms with van der Waals surface area (Å²) in [6, 6.07) is 3.53. The van der Waals surface area contributed by atoms with Crippen molar-refractivity contribution in [1.82, 2.24) is 5.32 Å². The number of hydrogen-bond donors (Lipinski definition) is 1. The lowest BCUT2D eigenvalue weighted by molar-refractivity contribution is 0.468. The van der Waals surface area contributed by atoms with Gasteiger partial charge in [-0.1, -0.05) is 17.7 Å². The lowest BCUT2D eigenvalue weighted by Gasteiger charge is -2.29. The Morgan fingerprint density at radius 2 is 2.12 bits per heavy atom. The second-order valence-electron chi connectivity index (χ2n) is 4.36. The van der Waals surface area contributed by atoms with Gasteiger partial charge in [-0.05, 0) is 24.6 Å². The Morgan fingerprint density at radius 3 is 2.71 bits per heavy atom. The number of halogens is 2. The van der Waals surface area contributed by atoms with Gasteiger partial charge in [-0.3, -0.25) is 0 Å². The van der Waals surface area contributed by atoms with Crippen LogP contribution >= 0.6 is 11.6 Å². The molecule has 1 fully saturated rings. The lowest BCUT2D eigenvalue weighted by atomic mass is 10.1. The van der Waals surface area contributed by atoms with Crippen molar-refractivity contribution in [3.05, 3.63) is 34.6 Å². The van der Waals surface area contributed by atoms with E-state index in [1.165, 1.54) is 18.2 Å². The van der Waals surface area contributed by atoms with Gasteiger partial charge in [0.05, 0.1) is 11.5 Å². The third kappa shape index (κ3) is 2.97. The maximum Gasteiger partial charge on any atom is 0.153 e. The molecular weight excluding hydrogens is 265 g/mol. The number of benzene rings is 1. The summed E-state index contributed by atoms with van der Waals surface area (Å²) in [5.41, 5.74) is 0.628. The Morgan fingerprint density at radius 1 is 1.41 bits per heavy atom. The highest BCUT2D eigenvalue weighted by Crippen LogP contribution is 2.27. The average molecular weight is 278 g/mol. The van der Waals surface area contributed by atoms with Crippen molar-refractivity contribution in [3.63, 3.8) is 0 Å². The van der Waals surface area contributed by atoms with E-state index >= 15 is 0 Å². The molecule has 1 aromatic carbocycles. The van der Waals surface area contributed by atoms with Crippen molar-refractivity contribution in [2.75, 3.05) is 11.5 Å². The predicted molar refractivity (Wildman–Crippen MR) is 65.4 cm³/mol. The van der Waals surface area contributed by atoms with Gasteiger partial charge in [0.25, 0.3) is 0 Å². The van der Waals surface area contributed by atoms with Crippen molar-refractivity contribution in [2.24, 2.45) is 0 Å². The highest BCUT2D eigenvalue weighted by Gasteiger charge is 2.30. The summed E-state index contributed by atoms with van der Waals surface area (Å²) in [5.74, 6) is -0.296. The highest BCUT2D eigenvalue weighted by atomic mass is 35.5. The van der Waals surface area contributed by atoms with E-state index in [4.69, 9.17) is 11.6 Å². The first-order valence-corrected chi connectivity index (χ1v) is 7.49. The lowest BCUT2D eigenvalue weighted by Crippen LogP contribution is -2.45. The van der Waals surface area contributed by atoms with Gasteiger partial charge < -0.3 is 5.32 Å². The Balaban J connectivity index is 2.33. The summed E-state index contributed by atoms with van der Waals surface area (Å²) >= 11 is 5.93. The van der Waals surface area contributed by atoms with E-state index in [0.717, 1.165) is 0 Å². The number of nitrogens with one attached hydrogen (secondary N) is 1. The summed E-state index contributed by atoms with van der Waals surface area (Å²) in [4.78, 5) is 0. The zero-order valence-corrected chi connectivity index (χ0v) is 10.9. The first-order valence-electron chi connectivity index (χ1n) is 5.29. The minimum absolute atomic E-state index is 0.00267. The number of sulfone groups is 1. The molecule has 0 radical (unpaired) electrons. The van der Waals surface area contributed by atoms with Gasteiger partial charge in [-0.15, -0.1) is 0 Å². The van der Waals surface area contributed by atoms with Gasteiger partial charge in [0.2, 0.25) is 0 Å². The Labute approximate surface area is 105 Å². The molecular formula is C11H13ClFNO2S. The van der Waals surface area contributed by atoms with Gasteiger partial charge in [-0.2, -0.15) is 0 Å². The second-order valence-corrected chi connectivity index (χ2v) is 6.92. The molecule has 0 aliphatic carbocycles. The zero-order valence-electron chi connectivity index (χ0n) is 9.28. The van der Waals surface area contributed by atoms with Crippen LogP contribution in [0.5, 0.6) is 0 Å². The van der Waals surface area contributed by atoms with Gasteiger partial charge >= 0.3 is 0 Å². The van der Waals surface area contributed by atoms with E-state index in [0.29, 0.717) is 5.56 Å². The molecule has 94 valence electrons. The molecule has 0 spiro atoms. The largest absolute Gasteiger partial charge is 0.305 e. The molecule has 0 aromatic heterocycles. The average Bonchev–Trinajstić information content (AvgIpc) is 2.13. The first kappa shape index (κ1) is 12.8. The summed E-state index contributed by atoms with van der Waals surface area (Å²) < 4.78 is 36.3. The van der Waals surface area contributed by atoms with E-state index < -0.39 is 15.7 Å². The first-order chi connectivity index (χ1) is 7.87. The molecule has 0 saturated carbocycles. The minimum Gasteiger partial charge on any atom is -0.305 e. The minimum atomic E-state index is -3.07. The maximum absolute atomic E-state index is 12.9. The fraction of sp³-hybridized carbons (Fsp3) is 0.455. The molecule has 1 aliphatic heterocycles. The Hall–Kier alpha value is -0.650. The summed E-state index contributed by atoms with van der Waals surface area (Å²) in [7, 11) is -3.07. The van der Waals surface area contributed by atoms with Crippen LogP contribution in [0.1, 0.15) is 18.5 Å². The van der Waals surface area contributed by atoms with Crippen LogP contribution in [0.15, 0.2) is 18.2 Å². The van der Waals surface area contributed by atoms with Crippen molar-refractivity contribution in [1.29, 1.82) is 0 Å². The third-order valence-corrected chi connectivity index (χ3v) is 4.92. The molecule has 2 rings (SSSR count). The quantitative estimate of drug-likeness (QED) is 0.853. The molecule has 2 unspecified atom stereocenters. The maximum atomic E-state index is 12.9. The normalized spacial score (nSPS) is 27.9. The van der Waals surface area contributed by atoms with Gasteiger partial charge in [-0.25, -0.2) is 12.8 Å². The molecule has 1 aromatic rings. The standard InChI is InChI=1S/C11H13ClFNO2S/c1-7-5-17(15,16)6-11(14-7)9-3-2-8(13)4-10(9)12/h2-4,7,11,14H,5-6H2,1H3. The highest BCUT2D eigenvalue weighted by molar-refractivity contribution is 7.91. The number of hydrogen-bond acceptors (Lipinski definition) is 3. The summed E-state index contributed by atoms with van der Waals surface area (Å²) in [5, 5.41) is 3.42. The molecule has 1 heterocycles. The topological polar surface area (TPSA) is 46.2 Å². The molecule has 1 aliphatic rings. The van der Waals surface area contributed by atoms with Crippen molar-refractivity contribution < 1.29 is 12.8 Å². The molecule has 2 atom stereocenters. The van der Waals surface area contributed by atoms with Crippen LogP contribution in [-0.4, -0.2) is 26.0 Å². The van der Waals surface area contributed by atoms with Crippen LogP contribution in [0.3, 0.4) is 0 Å². The van der Waals surface area contributed by atoms with Crippen LogP contribution in [0.25, 0.3) is 0 Å². The van der Waals surface area contributed by atoms with E-state index in [9.17, 15) is 12.8 Å². The summed E-state index contributed by atoms with van der Waals surface area (Å²) in [6.07, 6.45) is 0. The van der Waals surface area contributed by atoms with E-state index in [-0.39, 0.29) is 28.6 Å². The SMILES string of the molecule is CC1CS(=O)(=O)CC(c2ccc(F)cc2Cl)N1. The molecule has 1 saturated heterocycles. The van der Waals surface area contributed by atoms with Crippen molar-refractivity contribution in [2.45, 2.75) is 19.0 Å². The summed E-state index contributed by atoms with van der Waals surface area (Å²) in [6.45, 7) is 1.81. The van der Waals surface area contributed by atoms with E-state index in [1.54, 1.807) is 6.92 Å². The Bertz CT molecular complexity index is 532. The van der Waals surface area contributed by atoms with E-state index in [1.807, 2.05) is 0 Å². The fourth-order valence-corrected chi connectivity index (χ4v) is 4.18. The second kappa shape index (κ2) is 4.55. The molecule has 3 nitrogen and oxygen atoms in total. The van der Waals surface area contributed by atoms with Crippen molar-refractivity contribution >= 4 is 21.4 Å². The van der Waals surface area contributed by atoms with Crippen LogP contribution in [0.4, 0.5) is 4.39 Å². The molecule has 0 bridgehead atoms. The molecule has 1 N–H and O–H groups in total. The van der Waals surface area contributed by atoms with E-state index in [2.05, 4.69) is 5.32 Å². The predicted octanol–water partition coefficient (Wildman–Crippen LogP) is 1.93. The fourth-order valence-electron chi connectivity index (χ4n) is 2.11. The monoisotopic (exact) mass is 277 g/mol.